The molecule has 2 N–H and O–H groups in total. The van der Waals surface area contributed by atoms with Gasteiger partial charge in [-0.05, 0) is 43.8 Å². The van der Waals surface area contributed by atoms with E-state index in [2.05, 4.69) is 4.90 Å². The fourth-order valence-corrected chi connectivity index (χ4v) is 2.37. The lowest BCUT2D eigenvalue weighted by molar-refractivity contribution is 0.196. The Labute approximate surface area is 112 Å². The molecule has 4 heteroatoms. The maximum atomic E-state index is 13.0. The first kappa shape index (κ1) is 13.8. The van der Waals surface area contributed by atoms with Crippen molar-refractivity contribution in [3.05, 3.63) is 59.8 Å². The quantitative estimate of drug-likeness (QED) is 0.900. The molecule has 0 aliphatic carbocycles. The Morgan fingerprint density at radius 2 is 1.95 bits per heavy atom. The summed E-state index contributed by atoms with van der Waals surface area (Å²) in [5.74, 6) is 0.649. The van der Waals surface area contributed by atoms with Crippen molar-refractivity contribution >= 4 is 0 Å². The molecule has 0 aliphatic heterocycles. The molecule has 2 atom stereocenters. The van der Waals surface area contributed by atoms with Crippen LogP contribution in [-0.2, 0) is 6.54 Å². The standard InChI is InChI=1S/C15H19FN2O/c1-11(17)15(12-5-7-13(16)8-6-12)18(2)10-14-4-3-9-19-14/h3-9,11,15H,10,17H2,1-2H3. The fraction of sp³-hybridized carbons (Fsp3) is 0.333. The number of likely N-dealkylation sites (N-methyl/N-ethyl adjacent to an activating group) is 1. The zero-order valence-corrected chi connectivity index (χ0v) is 11.2. The summed E-state index contributed by atoms with van der Waals surface area (Å²) in [5, 5.41) is 0. The molecule has 102 valence electrons. The largest absolute Gasteiger partial charge is 0.468 e. The number of hydrogen-bond donors (Lipinski definition) is 1. The molecule has 1 aromatic heterocycles. The van der Waals surface area contributed by atoms with Gasteiger partial charge in [-0.3, -0.25) is 4.90 Å². The van der Waals surface area contributed by atoms with Gasteiger partial charge < -0.3 is 10.2 Å². The van der Waals surface area contributed by atoms with E-state index in [1.807, 2.05) is 26.1 Å². The van der Waals surface area contributed by atoms with Crippen molar-refractivity contribution in [2.75, 3.05) is 7.05 Å². The molecule has 1 aromatic carbocycles. The van der Waals surface area contributed by atoms with Gasteiger partial charge >= 0.3 is 0 Å². The molecule has 0 radical (unpaired) electrons. The summed E-state index contributed by atoms with van der Waals surface area (Å²) in [4.78, 5) is 2.11. The maximum Gasteiger partial charge on any atom is 0.123 e. The summed E-state index contributed by atoms with van der Waals surface area (Å²) in [6.45, 7) is 2.61. The Hall–Kier alpha value is -1.65. The lowest BCUT2D eigenvalue weighted by atomic mass is 9.99. The SMILES string of the molecule is CC(N)C(c1ccc(F)cc1)N(C)Cc1ccco1. The van der Waals surface area contributed by atoms with Crippen molar-refractivity contribution in [3.8, 4) is 0 Å². The third-order valence-corrected chi connectivity index (χ3v) is 3.17. The van der Waals surface area contributed by atoms with Crippen LogP contribution in [0.5, 0.6) is 0 Å². The average molecular weight is 262 g/mol. The Morgan fingerprint density at radius 1 is 1.26 bits per heavy atom. The van der Waals surface area contributed by atoms with Gasteiger partial charge in [0.1, 0.15) is 11.6 Å². The topological polar surface area (TPSA) is 42.4 Å². The van der Waals surface area contributed by atoms with Crippen molar-refractivity contribution in [2.24, 2.45) is 5.73 Å². The van der Waals surface area contributed by atoms with E-state index in [-0.39, 0.29) is 17.9 Å². The van der Waals surface area contributed by atoms with Crippen LogP contribution in [0, 0.1) is 5.82 Å². The summed E-state index contributed by atoms with van der Waals surface area (Å²) in [6.07, 6.45) is 1.65. The Bertz CT molecular complexity index is 493. The van der Waals surface area contributed by atoms with Crippen LogP contribution in [0.4, 0.5) is 4.39 Å². The lowest BCUT2D eigenvalue weighted by Crippen LogP contribution is -2.36. The van der Waals surface area contributed by atoms with Crippen molar-refractivity contribution in [1.29, 1.82) is 0 Å². The van der Waals surface area contributed by atoms with Crippen LogP contribution >= 0.6 is 0 Å². The number of rotatable bonds is 5. The van der Waals surface area contributed by atoms with Crippen molar-refractivity contribution in [1.82, 2.24) is 4.90 Å². The summed E-state index contributed by atoms with van der Waals surface area (Å²) >= 11 is 0. The van der Waals surface area contributed by atoms with Crippen LogP contribution in [0.15, 0.2) is 47.1 Å². The van der Waals surface area contributed by atoms with E-state index in [0.717, 1.165) is 11.3 Å². The smallest absolute Gasteiger partial charge is 0.123 e. The predicted octanol–water partition coefficient (Wildman–Crippen LogP) is 2.94. The van der Waals surface area contributed by atoms with E-state index in [1.54, 1.807) is 18.4 Å². The molecular formula is C15H19FN2O. The van der Waals surface area contributed by atoms with Crippen LogP contribution in [0.1, 0.15) is 24.3 Å². The molecule has 2 rings (SSSR count). The number of hydrogen-bond acceptors (Lipinski definition) is 3. The molecule has 19 heavy (non-hydrogen) atoms. The molecular weight excluding hydrogens is 243 g/mol. The Balaban J connectivity index is 2.17. The summed E-state index contributed by atoms with van der Waals surface area (Å²) in [5.41, 5.74) is 7.08. The van der Waals surface area contributed by atoms with E-state index < -0.39 is 0 Å². The zero-order chi connectivity index (χ0) is 13.8. The number of furan rings is 1. The van der Waals surface area contributed by atoms with Gasteiger partial charge in [-0.1, -0.05) is 12.1 Å². The van der Waals surface area contributed by atoms with Crippen LogP contribution < -0.4 is 5.73 Å². The monoisotopic (exact) mass is 262 g/mol. The van der Waals surface area contributed by atoms with Crippen molar-refractivity contribution in [2.45, 2.75) is 25.6 Å². The van der Waals surface area contributed by atoms with Crippen LogP contribution in [0.3, 0.4) is 0 Å². The van der Waals surface area contributed by atoms with Gasteiger partial charge in [0, 0.05) is 12.1 Å². The molecule has 0 saturated carbocycles. The van der Waals surface area contributed by atoms with E-state index in [4.69, 9.17) is 10.2 Å². The van der Waals surface area contributed by atoms with Gasteiger partial charge in [0.15, 0.2) is 0 Å². The highest BCUT2D eigenvalue weighted by Crippen LogP contribution is 2.24. The fourth-order valence-electron chi connectivity index (χ4n) is 2.37. The van der Waals surface area contributed by atoms with E-state index in [1.165, 1.54) is 12.1 Å². The highest BCUT2D eigenvalue weighted by Gasteiger charge is 2.21. The van der Waals surface area contributed by atoms with Gasteiger partial charge in [0.2, 0.25) is 0 Å². The molecule has 0 fully saturated rings. The Kier molecular flexibility index (Phi) is 4.35. The molecule has 0 bridgehead atoms. The van der Waals surface area contributed by atoms with Crippen molar-refractivity contribution < 1.29 is 8.81 Å². The van der Waals surface area contributed by atoms with Crippen LogP contribution in [0.2, 0.25) is 0 Å². The van der Waals surface area contributed by atoms with E-state index >= 15 is 0 Å². The first-order valence-electron chi connectivity index (χ1n) is 6.31. The van der Waals surface area contributed by atoms with Gasteiger partial charge in [-0.25, -0.2) is 4.39 Å². The minimum absolute atomic E-state index is 0.0192. The van der Waals surface area contributed by atoms with Gasteiger partial charge in [-0.2, -0.15) is 0 Å². The van der Waals surface area contributed by atoms with Gasteiger partial charge in [0.05, 0.1) is 12.8 Å². The minimum Gasteiger partial charge on any atom is -0.468 e. The molecule has 0 saturated heterocycles. The zero-order valence-electron chi connectivity index (χ0n) is 11.2. The molecule has 1 heterocycles. The normalized spacial score (nSPS) is 14.6. The highest BCUT2D eigenvalue weighted by atomic mass is 19.1. The second-order valence-electron chi connectivity index (χ2n) is 4.85. The van der Waals surface area contributed by atoms with Crippen molar-refractivity contribution in [3.63, 3.8) is 0 Å². The first-order valence-corrected chi connectivity index (χ1v) is 6.31. The summed E-state index contributed by atoms with van der Waals surface area (Å²) < 4.78 is 18.3. The number of benzene rings is 1. The third-order valence-electron chi connectivity index (χ3n) is 3.17. The van der Waals surface area contributed by atoms with E-state index in [9.17, 15) is 4.39 Å². The third kappa shape index (κ3) is 3.43. The molecule has 0 spiro atoms. The summed E-state index contributed by atoms with van der Waals surface area (Å²) in [7, 11) is 1.99. The van der Waals surface area contributed by atoms with Gasteiger partial charge in [0.25, 0.3) is 0 Å². The molecule has 2 unspecified atom stereocenters. The highest BCUT2D eigenvalue weighted by molar-refractivity contribution is 5.21. The molecule has 0 aliphatic rings. The number of nitrogens with two attached hydrogens (primary N) is 1. The molecule has 3 nitrogen and oxygen atoms in total. The first-order chi connectivity index (χ1) is 9.08. The summed E-state index contributed by atoms with van der Waals surface area (Å²) in [6, 6.07) is 10.2. The predicted molar refractivity (Wildman–Crippen MR) is 73.0 cm³/mol. The second kappa shape index (κ2) is 5.99. The molecule has 0 amide bonds. The average Bonchev–Trinajstić information content (AvgIpc) is 2.84. The van der Waals surface area contributed by atoms with Crippen LogP contribution in [-0.4, -0.2) is 18.0 Å². The van der Waals surface area contributed by atoms with Gasteiger partial charge in [-0.15, -0.1) is 0 Å². The van der Waals surface area contributed by atoms with E-state index in [0.29, 0.717) is 6.54 Å². The Morgan fingerprint density at radius 3 is 2.47 bits per heavy atom. The van der Waals surface area contributed by atoms with Crippen LogP contribution in [0.25, 0.3) is 0 Å². The number of nitrogens with zero attached hydrogens (tertiary/aromatic N) is 1. The molecule has 2 aromatic rings. The second-order valence-corrected chi connectivity index (χ2v) is 4.85. The lowest BCUT2D eigenvalue weighted by Gasteiger charge is -2.30. The minimum atomic E-state index is -0.235. The number of halogens is 1. The maximum absolute atomic E-state index is 13.0.